The molecule has 1 unspecified atom stereocenters. The summed E-state index contributed by atoms with van der Waals surface area (Å²) in [6, 6.07) is 3.37. The Morgan fingerprint density at radius 1 is 1.45 bits per heavy atom. The van der Waals surface area contributed by atoms with Crippen LogP contribution in [0.4, 0.5) is 18.9 Å². The molecule has 0 bridgehead atoms. The smallest absolute Gasteiger partial charge is 0.419 e. The van der Waals surface area contributed by atoms with Gasteiger partial charge in [-0.05, 0) is 12.1 Å². The zero-order valence-corrected chi connectivity index (χ0v) is 10.7. The summed E-state index contributed by atoms with van der Waals surface area (Å²) in [7, 11) is 1.16. The van der Waals surface area contributed by atoms with Crippen LogP contribution in [0.15, 0.2) is 18.2 Å². The van der Waals surface area contributed by atoms with Gasteiger partial charge in [0.15, 0.2) is 0 Å². The van der Waals surface area contributed by atoms with E-state index in [0.717, 1.165) is 13.2 Å². The molecule has 0 aromatic heterocycles. The molecule has 2 rings (SSSR count). The third-order valence-electron chi connectivity index (χ3n) is 3.16. The van der Waals surface area contributed by atoms with Crippen LogP contribution in [-0.2, 0) is 11.0 Å². The van der Waals surface area contributed by atoms with Gasteiger partial charge in [0.2, 0.25) is 5.91 Å². The maximum absolute atomic E-state index is 12.8. The highest BCUT2D eigenvalue weighted by Gasteiger charge is 2.36. The van der Waals surface area contributed by atoms with Gasteiger partial charge >= 0.3 is 6.18 Å². The van der Waals surface area contributed by atoms with Gasteiger partial charge in [-0.15, -0.1) is 12.3 Å². The van der Waals surface area contributed by atoms with Gasteiger partial charge in [-0.3, -0.25) is 4.79 Å². The van der Waals surface area contributed by atoms with Gasteiger partial charge in [0.1, 0.15) is 5.75 Å². The van der Waals surface area contributed by atoms with Crippen LogP contribution in [0, 0.1) is 18.3 Å². The molecule has 1 aliphatic rings. The van der Waals surface area contributed by atoms with Crippen molar-refractivity contribution in [2.45, 2.75) is 12.6 Å². The molecular weight excluding hydrogens is 271 g/mol. The SMILES string of the molecule is C#CC1CC(=O)N(c2ccc(C(F)(F)F)c(OC)c2)C1. The molecule has 1 atom stereocenters. The van der Waals surface area contributed by atoms with Crippen LogP contribution >= 0.6 is 0 Å². The number of carbonyl (C=O) groups excluding carboxylic acids is 1. The number of nitrogens with zero attached hydrogens (tertiary/aromatic N) is 1. The van der Waals surface area contributed by atoms with Crippen LogP contribution in [0.5, 0.6) is 5.75 Å². The molecule has 1 heterocycles. The highest BCUT2D eigenvalue weighted by atomic mass is 19.4. The summed E-state index contributed by atoms with van der Waals surface area (Å²) in [6.45, 7) is 0.309. The zero-order chi connectivity index (χ0) is 14.9. The Hall–Kier alpha value is -2.16. The number of terminal acetylenes is 1. The lowest BCUT2D eigenvalue weighted by Gasteiger charge is -2.19. The largest absolute Gasteiger partial charge is 0.496 e. The van der Waals surface area contributed by atoms with E-state index in [0.29, 0.717) is 12.2 Å². The van der Waals surface area contributed by atoms with Crippen LogP contribution in [0.1, 0.15) is 12.0 Å². The second-order valence-corrected chi connectivity index (χ2v) is 4.45. The first-order valence-corrected chi connectivity index (χ1v) is 5.88. The first-order chi connectivity index (χ1) is 9.36. The predicted octanol–water partition coefficient (Wildman–Crippen LogP) is 2.70. The van der Waals surface area contributed by atoms with Crippen LogP contribution in [-0.4, -0.2) is 19.6 Å². The van der Waals surface area contributed by atoms with Crippen LogP contribution in [0.2, 0.25) is 0 Å². The van der Waals surface area contributed by atoms with E-state index in [1.807, 2.05) is 0 Å². The Kier molecular flexibility index (Phi) is 3.62. The maximum Gasteiger partial charge on any atom is 0.419 e. The molecule has 1 aromatic carbocycles. The number of benzene rings is 1. The lowest BCUT2D eigenvalue weighted by molar-refractivity contribution is -0.138. The molecule has 1 aliphatic heterocycles. The van der Waals surface area contributed by atoms with Gasteiger partial charge < -0.3 is 9.64 Å². The summed E-state index contributed by atoms with van der Waals surface area (Å²) in [5.41, 5.74) is -0.513. The number of amides is 1. The molecule has 6 heteroatoms. The van der Waals surface area contributed by atoms with Crippen molar-refractivity contribution in [3.05, 3.63) is 23.8 Å². The van der Waals surface area contributed by atoms with Gasteiger partial charge in [-0.2, -0.15) is 13.2 Å². The number of hydrogen-bond acceptors (Lipinski definition) is 2. The quantitative estimate of drug-likeness (QED) is 0.781. The number of carbonyl (C=O) groups is 1. The molecule has 3 nitrogen and oxygen atoms in total. The number of anilines is 1. The summed E-state index contributed by atoms with van der Waals surface area (Å²) in [6.07, 6.45) is 0.980. The molecule has 1 fully saturated rings. The maximum atomic E-state index is 12.8. The van der Waals surface area contributed by atoms with Crippen molar-refractivity contribution >= 4 is 11.6 Å². The normalized spacial score (nSPS) is 19.1. The molecule has 20 heavy (non-hydrogen) atoms. The van der Waals surface area contributed by atoms with Gasteiger partial charge in [0, 0.05) is 30.6 Å². The van der Waals surface area contributed by atoms with Gasteiger partial charge in [-0.1, -0.05) is 0 Å². The van der Waals surface area contributed by atoms with Crippen molar-refractivity contribution < 1.29 is 22.7 Å². The standard InChI is InChI=1S/C14H12F3NO2/c1-3-9-6-13(19)18(8-9)10-4-5-11(14(15,16)17)12(7-10)20-2/h1,4-5,7,9H,6,8H2,2H3. The number of rotatable bonds is 2. The monoisotopic (exact) mass is 283 g/mol. The fourth-order valence-corrected chi connectivity index (χ4v) is 2.15. The minimum Gasteiger partial charge on any atom is -0.496 e. The van der Waals surface area contributed by atoms with E-state index in [-0.39, 0.29) is 24.0 Å². The Labute approximate surface area is 114 Å². The van der Waals surface area contributed by atoms with E-state index in [1.165, 1.54) is 17.0 Å². The van der Waals surface area contributed by atoms with Gasteiger partial charge in [-0.25, -0.2) is 0 Å². The van der Waals surface area contributed by atoms with E-state index in [4.69, 9.17) is 11.2 Å². The van der Waals surface area contributed by atoms with E-state index >= 15 is 0 Å². The zero-order valence-electron chi connectivity index (χ0n) is 10.7. The minimum absolute atomic E-state index is 0.199. The molecule has 1 saturated heterocycles. The summed E-state index contributed by atoms with van der Waals surface area (Å²) >= 11 is 0. The summed E-state index contributed by atoms with van der Waals surface area (Å²) < 4.78 is 43.0. The number of hydrogen-bond donors (Lipinski definition) is 0. The topological polar surface area (TPSA) is 29.5 Å². The summed E-state index contributed by atoms with van der Waals surface area (Å²) in [5, 5.41) is 0. The van der Waals surface area contributed by atoms with E-state index < -0.39 is 11.7 Å². The minimum atomic E-state index is -4.50. The molecule has 0 saturated carbocycles. The Balaban J connectivity index is 2.36. The lowest BCUT2D eigenvalue weighted by atomic mass is 10.1. The number of ether oxygens (including phenoxy) is 1. The molecule has 106 valence electrons. The Bertz CT molecular complexity index is 575. The predicted molar refractivity (Wildman–Crippen MR) is 67.3 cm³/mol. The fourth-order valence-electron chi connectivity index (χ4n) is 2.15. The molecule has 1 aromatic rings. The van der Waals surface area contributed by atoms with Crippen molar-refractivity contribution in [3.8, 4) is 18.1 Å². The van der Waals surface area contributed by atoms with E-state index in [1.54, 1.807) is 0 Å². The highest BCUT2D eigenvalue weighted by Crippen LogP contribution is 2.39. The lowest BCUT2D eigenvalue weighted by Crippen LogP contribution is -2.24. The highest BCUT2D eigenvalue weighted by molar-refractivity contribution is 5.96. The van der Waals surface area contributed by atoms with Crippen molar-refractivity contribution in [3.63, 3.8) is 0 Å². The van der Waals surface area contributed by atoms with Crippen molar-refractivity contribution in [1.29, 1.82) is 0 Å². The van der Waals surface area contributed by atoms with Crippen molar-refractivity contribution in [2.24, 2.45) is 5.92 Å². The number of halogens is 3. The number of methoxy groups -OCH3 is 1. The average Bonchev–Trinajstić information content (AvgIpc) is 2.78. The van der Waals surface area contributed by atoms with Crippen LogP contribution in [0.25, 0.3) is 0 Å². The van der Waals surface area contributed by atoms with Crippen molar-refractivity contribution in [1.82, 2.24) is 0 Å². The summed E-state index contributed by atoms with van der Waals surface area (Å²) in [4.78, 5) is 13.2. The fraction of sp³-hybridized carbons (Fsp3) is 0.357. The molecule has 1 amide bonds. The van der Waals surface area contributed by atoms with Crippen LogP contribution in [0.3, 0.4) is 0 Å². The van der Waals surface area contributed by atoms with Crippen molar-refractivity contribution in [2.75, 3.05) is 18.6 Å². The average molecular weight is 283 g/mol. The Morgan fingerprint density at radius 3 is 2.65 bits per heavy atom. The second-order valence-electron chi connectivity index (χ2n) is 4.45. The molecular formula is C14H12F3NO2. The van der Waals surface area contributed by atoms with E-state index in [9.17, 15) is 18.0 Å². The Morgan fingerprint density at radius 2 is 2.15 bits per heavy atom. The first-order valence-electron chi connectivity index (χ1n) is 5.88. The second kappa shape index (κ2) is 5.08. The molecule has 0 N–H and O–H groups in total. The first kappa shape index (κ1) is 14.3. The van der Waals surface area contributed by atoms with Crippen LogP contribution < -0.4 is 9.64 Å². The third kappa shape index (κ3) is 2.57. The van der Waals surface area contributed by atoms with Gasteiger partial charge in [0.05, 0.1) is 12.7 Å². The summed E-state index contributed by atoms with van der Waals surface area (Å²) in [5.74, 6) is 1.76. The van der Waals surface area contributed by atoms with E-state index in [2.05, 4.69) is 5.92 Å². The van der Waals surface area contributed by atoms with Gasteiger partial charge in [0.25, 0.3) is 0 Å². The molecule has 0 aliphatic carbocycles. The molecule has 0 spiro atoms. The number of alkyl halides is 3. The third-order valence-corrected chi connectivity index (χ3v) is 3.16. The molecule has 0 radical (unpaired) electrons.